The first-order valence-corrected chi connectivity index (χ1v) is 14.9. The lowest BCUT2D eigenvalue weighted by molar-refractivity contribution is 0.0997. The Hall–Kier alpha value is -3.95. The van der Waals surface area contributed by atoms with E-state index in [1.165, 1.54) is 16.4 Å². The van der Waals surface area contributed by atoms with Gasteiger partial charge in [0.2, 0.25) is 15.8 Å². The number of nitrogens with zero attached hydrogens (tertiary/aromatic N) is 1. The van der Waals surface area contributed by atoms with Gasteiger partial charge in [0.1, 0.15) is 11.3 Å². The van der Waals surface area contributed by atoms with Crippen LogP contribution in [0.25, 0.3) is 11.0 Å². The summed E-state index contributed by atoms with van der Waals surface area (Å²) in [6.45, 7) is 5.32. The number of anilines is 1. The van der Waals surface area contributed by atoms with Gasteiger partial charge in [0, 0.05) is 29.6 Å². The maximum Gasteiger partial charge on any atom is 0.243 e. The molecular weight excluding hydrogens is 528 g/mol. The number of piperidine rings is 1. The van der Waals surface area contributed by atoms with Crippen molar-refractivity contribution in [2.75, 3.05) is 31.6 Å². The van der Waals surface area contributed by atoms with Crippen molar-refractivity contribution >= 4 is 38.2 Å². The summed E-state index contributed by atoms with van der Waals surface area (Å²) < 4.78 is 39.3. The lowest BCUT2D eigenvalue weighted by atomic mass is 10.0. The first-order chi connectivity index (χ1) is 19.3. The Labute approximate surface area is 234 Å². The number of para-hydroxylation sites is 1. The van der Waals surface area contributed by atoms with Gasteiger partial charge >= 0.3 is 0 Å². The van der Waals surface area contributed by atoms with Crippen LogP contribution in [0.5, 0.6) is 5.75 Å². The zero-order valence-corrected chi connectivity index (χ0v) is 23.4. The number of rotatable bonds is 10. The standard InChI is InChI=1S/C31H32N2O6S/c1-3-38-24-13-11-22(12-14-24)30(35)31-29(26-9-4-5-10-28(26)39-31)32-20-27(34)23-7-6-8-25(19-23)40(36,37)33-17-15-21(2)16-18-33/h4-14,19,21,32H,3,15-18,20H2,1-2H3. The molecular formula is C31H32N2O6S. The second-order valence-corrected chi connectivity index (χ2v) is 11.9. The molecule has 0 aliphatic carbocycles. The molecule has 1 N–H and O–H groups in total. The highest BCUT2D eigenvalue weighted by molar-refractivity contribution is 7.89. The average Bonchev–Trinajstić information content (AvgIpc) is 3.35. The van der Waals surface area contributed by atoms with Crippen molar-refractivity contribution < 1.29 is 27.2 Å². The first kappa shape index (κ1) is 27.6. The van der Waals surface area contributed by atoms with Crippen LogP contribution in [0.1, 0.15) is 53.2 Å². The van der Waals surface area contributed by atoms with E-state index in [-0.39, 0.29) is 34.3 Å². The predicted octanol–water partition coefficient (Wildman–Crippen LogP) is 5.78. The van der Waals surface area contributed by atoms with Gasteiger partial charge in [-0.15, -0.1) is 0 Å². The Morgan fingerprint density at radius 3 is 2.42 bits per heavy atom. The van der Waals surface area contributed by atoms with E-state index in [2.05, 4.69) is 12.2 Å². The highest BCUT2D eigenvalue weighted by Crippen LogP contribution is 2.33. The van der Waals surface area contributed by atoms with Gasteiger partial charge in [-0.25, -0.2) is 8.42 Å². The number of carbonyl (C=O) groups is 2. The summed E-state index contributed by atoms with van der Waals surface area (Å²) >= 11 is 0. The van der Waals surface area contributed by atoms with Crippen molar-refractivity contribution in [2.45, 2.75) is 31.6 Å². The highest BCUT2D eigenvalue weighted by atomic mass is 32.2. The zero-order chi connectivity index (χ0) is 28.3. The van der Waals surface area contributed by atoms with Gasteiger partial charge < -0.3 is 14.5 Å². The van der Waals surface area contributed by atoms with Gasteiger partial charge in [0.25, 0.3) is 0 Å². The maximum absolute atomic E-state index is 13.4. The first-order valence-electron chi connectivity index (χ1n) is 13.4. The summed E-state index contributed by atoms with van der Waals surface area (Å²) in [5.41, 5.74) is 1.61. The summed E-state index contributed by atoms with van der Waals surface area (Å²) in [6.07, 6.45) is 1.64. The number of hydrogen-bond acceptors (Lipinski definition) is 7. The van der Waals surface area contributed by atoms with Gasteiger partial charge in [0.05, 0.1) is 23.7 Å². The number of sulfonamides is 1. The quantitative estimate of drug-likeness (QED) is 0.245. The van der Waals surface area contributed by atoms with E-state index in [0.29, 0.717) is 53.6 Å². The lowest BCUT2D eigenvalue weighted by Crippen LogP contribution is -2.37. The molecule has 1 aliphatic rings. The molecule has 1 fully saturated rings. The Bertz CT molecular complexity index is 1630. The molecule has 5 rings (SSSR count). The molecule has 1 aliphatic heterocycles. The van der Waals surface area contributed by atoms with E-state index in [1.54, 1.807) is 48.5 Å². The molecule has 40 heavy (non-hydrogen) atoms. The zero-order valence-electron chi connectivity index (χ0n) is 22.6. The fraction of sp³-hybridized carbons (Fsp3) is 0.290. The number of furan rings is 1. The number of fused-ring (bicyclic) bond motifs is 1. The van der Waals surface area contributed by atoms with Crippen molar-refractivity contribution in [1.82, 2.24) is 4.31 Å². The Morgan fingerprint density at radius 2 is 1.70 bits per heavy atom. The van der Waals surface area contributed by atoms with Crippen molar-refractivity contribution in [3.05, 3.63) is 89.7 Å². The van der Waals surface area contributed by atoms with Crippen LogP contribution in [0, 0.1) is 5.92 Å². The smallest absolute Gasteiger partial charge is 0.243 e. The Kier molecular flexibility index (Phi) is 8.04. The molecule has 8 nitrogen and oxygen atoms in total. The van der Waals surface area contributed by atoms with Gasteiger partial charge in [-0.1, -0.05) is 31.2 Å². The minimum atomic E-state index is -3.69. The molecule has 4 aromatic rings. The molecule has 0 radical (unpaired) electrons. The normalized spacial score (nSPS) is 14.8. The molecule has 1 saturated heterocycles. The molecule has 0 unspecified atom stereocenters. The Balaban J connectivity index is 1.37. The van der Waals surface area contributed by atoms with Crippen molar-refractivity contribution in [3.63, 3.8) is 0 Å². The average molecular weight is 561 g/mol. The van der Waals surface area contributed by atoms with Crippen LogP contribution in [0.2, 0.25) is 0 Å². The van der Waals surface area contributed by atoms with E-state index in [1.807, 2.05) is 19.1 Å². The third kappa shape index (κ3) is 5.66. The number of hydrogen-bond donors (Lipinski definition) is 1. The van der Waals surface area contributed by atoms with Crippen molar-refractivity contribution in [2.24, 2.45) is 5.92 Å². The van der Waals surface area contributed by atoms with Crippen LogP contribution < -0.4 is 10.1 Å². The Morgan fingerprint density at radius 1 is 0.975 bits per heavy atom. The number of ether oxygens (including phenoxy) is 1. The molecule has 0 spiro atoms. The second-order valence-electron chi connectivity index (χ2n) is 9.98. The maximum atomic E-state index is 13.4. The van der Waals surface area contributed by atoms with Gasteiger partial charge in [-0.3, -0.25) is 9.59 Å². The fourth-order valence-corrected chi connectivity index (χ4v) is 6.37. The number of Topliss-reactive ketones (excluding diaryl/α,β-unsaturated/α-hetero) is 1. The lowest BCUT2D eigenvalue weighted by Gasteiger charge is -2.29. The van der Waals surface area contributed by atoms with Crippen LogP contribution in [0.4, 0.5) is 5.69 Å². The summed E-state index contributed by atoms with van der Waals surface area (Å²) in [4.78, 5) is 26.7. The molecule has 1 aromatic heterocycles. The van der Waals surface area contributed by atoms with E-state index in [4.69, 9.17) is 9.15 Å². The number of nitrogens with one attached hydrogen (secondary N) is 1. The van der Waals surface area contributed by atoms with Crippen LogP contribution in [-0.4, -0.2) is 50.5 Å². The van der Waals surface area contributed by atoms with E-state index in [9.17, 15) is 18.0 Å². The van der Waals surface area contributed by atoms with E-state index >= 15 is 0 Å². The molecule has 3 aromatic carbocycles. The second kappa shape index (κ2) is 11.7. The van der Waals surface area contributed by atoms with Crippen LogP contribution in [-0.2, 0) is 10.0 Å². The summed E-state index contributed by atoms with van der Waals surface area (Å²) in [5, 5.41) is 3.76. The highest BCUT2D eigenvalue weighted by Gasteiger charge is 2.29. The van der Waals surface area contributed by atoms with Crippen LogP contribution in [0.15, 0.2) is 82.1 Å². The molecule has 208 valence electrons. The third-order valence-corrected chi connectivity index (χ3v) is 9.09. The molecule has 9 heteroatoms. The minimum Gasteiger partial charge on any atom is -0.494 e. The van der Waals surface area contributed by atoms with Crippen LogP contribution in [0.3, 0.4) is 0 Å². The largest absolute Gasteiger partial charge is 0.494 e. The number of carbonyl (C=O) groups excluding carboxylic acids is 2. The number of ketones is 2. The van der Waals surface area contributed by atoms with E-state index < -0.39 is 10.0 Å². The minimum absolute atomic E-state index is 0.0915. The summed E-state index contributed by atoms with van der Waals surface area (Å²) in [7, 11) is -3.69. The van der Waals surface area contributed by atoms with Crippen molar-refractivity contribution in [3.8, 4) is 5.75 Å². The predicted molar refractivity (Wildman–Crippen MR) is 154 cm³/mol. The molecule has 2 heterocycles. The fourth-order valence-electron chi connectivity index (χ4n) is 4.86. The SMILES string of the molecule is CCOc1ccc(C(=O)c2oc3ccccc3c2NCC(=O)c2cccc(S(=O)(=O)N3CCC(C)CC3)c2)cc1. The van der Waals surface area contributed by atoms with Crippen molar-refractivity contribution in [1.29, 1.82) is 0 Å². The summed E-state index contributed by atoms with van der Waals surface area (Å²) in [6, 6.07) is 20.1. The van der Waals surface area contributed by atoms with Crippen LogP contribution >= 0.6 is 0 Å². The topological polar surface area (TPSA) is 106 Å². The van der Waals surface area contributed by atoms with Gasteiger partial charge in [-0.05, 0) is 74.2 Å². The number of benzene rings is 3. The molecule has 0 bridgehead atoms. The van der Waals surface area contributed by atoms with Gasteiger partial charge in [-0.2, -0.15) is 4.31 Å². The third-order valence-electron chi connectivity index (χ3n) is 7.19. The molecule has 0 saturated carbocycles. The summed E-state index contributed by atoms with van der Waals surface area (Å²) in [5.74, 6) is 0.600. The molecule has 0 atom stereocenters. The van der Waals surface area contributed by atoms with E-state index in [0.717, 1.165) is 12.8 Å². The monoisotopic (exact) mass is 560 g/mol. The van der Waals surface area contributed by atoms with Gasteiger partial charge in [0.15, 0.2) is 11.5 Å². The molecule has 0 amide bonds.